The van der Waals surface area contributed by atoms with Crippen molar-refractivity contribution < 1.29 is 9.90 Å². The first-order valence-electron chi connectivity index (χ1n) is 7.14. The van der Waals surface area contributed by atoms with Crippen molar-refractivity contribution >= 4 is 5.91 Å². The maximum absolute atomic E-state index is 11.4. The summed E-state index contributed by atoms with van der Waals surface area (Å²) in [4.78, 5) is 13.7. The van der Waals surface area contributed by atoms with Crippen molar-refractivity contribution in [1.82, 2.24) is 15.5 Å². The third kappa shape index (κ3) is 5.33. The van der Waals surface area contributed by atoms with Crippen molar-refractivity contribution in [2.75, 3.05) is 32.7 Å². The number of nitrogens with one attached hydrogen (secondary N) is 2. The van der Waals surface area contributed by atoms with Gasteiger partial charge in [-0.2, -0.15) is 0 Å². The SMILES string of the molecule is O=C(CCNCC(O)CN1CCCC1)NC1CC1. The third-order valence-electron chi connectivity index (χ3n) is 3.52. The van der Waals surface area contributed by atoms with Crippen LogP contribution in [0.15, 0.2) is 0 Å². The molecule has 0 bridgehead atoms. The van der Waals surface area contributed by atoms with E-state index in [1.54, 1.807) is 0 Å². The standard InChI is InChI=1S/C13H25N3O2/c17-12(10-16-7-1-2-8-16)9-14-6-5-13(18)15-11-3-4-11/h11-12,14,17H,1-10H2,(H,15,18). The molecule has 0 radical (unpaired) electrons. The Labute approximate surface area is 109 Å². The minimum atomic E-state index is -0.324. The lowest BCUT2D eigenvalue weighted by molar-refractivity contribution is -0.121. The second-order valence-corrected chi connectivity index (χ2v) is 5.46. The maximum Gasteiger partial charge on any atom is 0.221 e. The molecule has 2 fully saturated rings. The molecule has 0 aromatic rings. The molecule has 2 aliphatic rings. The van der Waals surface area contributed by atoms with E-state index in [1.807, 2.05) is 0 Å². The molecule has 5 heteroatoms. The Hall–Kier alpha value is -0.650. The quantitative estimate of drug-likeness (QED) is 0.521. The van der Waals surface area contributed by atoms with Crippen molar-refractivity contribution in [3.8, 4) is 0 Å². The van der Waals surface area contributed by atoms with E-state index in [2.05, 4.69) is 15.5 Å². The van der Waals surface area contributed by atoms with E-state index < -0.39 is 0 Å². The fourth-order valence-corrected chi connectivity index (χ4v) is 2.33. The van der Waals surface area contributed by atoms with Crippen LogP contribution in [0.2, 0.25) is 0 Å². The van der Waals surface area contributed by atoms with Gasteiger partial charge in [-0.25, -0.2) is 0 Å². The van der Waals surface area contributed by atoms with Crippen molar-refractivity contribution in [3.63, 3.8) is 0 Å². The van der Waals surface area contributed by atoms with Crippen LogP contribution in [0.1, 0.15) is 32.1 Å². The van der Waals surface area contributed by atoms with Gasteiger partial charge in [0.25, 0.3) is 0 Å². The molecule has 0 aromatic heterocycles. The number of hydrogen-bond donors (Lipinski definition) is 3. The molecular formula is C13H25N3O2. The van der Waals surface area contributed by atoms with Crippen LogP contribution >= 0.6 is 0 Å². The Morgan fingerprint density at radius 3 is 2.72 bits per heavy atom. The van der Waals surface area contributed by atoms with Gasteiger partial charge in [-0.1, -0.05) is 0 Å². The number of nitrogens with zero attached hydrogens (tertiary/aromatic N) is 1. The lowest BCUT2D eigenvalue weighted by Gasteiger charge is -2.19. The lowest BCUT2D eigenvalue weighted by atomic mass is 10.3. The molecule has 0 spiro atoms. The summed E-state index contributed by atoms with van der Waals surface area (Å²) in [6.45, 7) is 4.20. The average molecular weight is 255 g/mol. The van der Waals surface area contributed by atoms with E-state index in [9.17, 15) is 9.90 Å². The highest BCUT2D eigenvalue weighted by Gasteiger charge is 2.22. The smallest absolute Gasteiger partial charge is 0.221 e. The van der Waals surface area contributed by atoms with Crippen molar-refractivity contribution in [2.45, 2.75) is 44.2 Å². The van der Waals surface area contributed by atoms with Crippen LogP contribution in [0.5, 0.6) is 0 Å². The molecule has 5 nitrogen and oxygen atoms in total. The summed E-state index contributed by atoms with van der Waals surface area (Å²) in [5.74, 6) is 0.124. The second-order valence-electron chi connectivity index (χ2n) is 5.46. The molecule has 1 amide bonds. The summed E-state index contributed by atoms with van der Waals surface area (Å²) in [5, 5.41) is 15.9. The number of likely N-dealkylation sites (tertiary alicyclic amines) is 1. The van der Waals surface area contributed by atoms with E-state index in [4.69, 9.17) is 0 Å². The van der Waals surface area contributed by atoms with Crippen LogP contribution in [0.25, 0.3) is 0 Å². The van der Waals surface area contributed by atoms with Crippen molar-refractivity contribution in [2.24, 2.45) is 0 Å². The molecular weight excluding hydrogens is 230 g/mol. The van der Waals surface area contributed by atoms with E-state index >= 15 is 0 Å². The molecule has 1 saturated heterocycles. The zero-order chi connectivity index (χ0) is 12.8. The number of aliphatic hydroxyl groups excluding tert-OH is 1. The molecule has 1 aliphatic heterocycles. The monoisotopic (exact) mass is 255 g/mol. The molecule has 0 aromatic carbocycles. The Bertz CT molecular complexity index is 263. The Morgan fingerprint density at radius 2 is 2.06 bits per heavy atom. The first-order valence-corrected chi connectivity index (χ1v) is 7.14. The maximum atomic E-state index is 11.4. The third-order valence-corrected chi connectivity index (χ3v) is 3.52. The van der Waals surface area contributed by atoms with Crippen LogP contribution in [-0.2, 0) is 4.79 Å². The zero-order valence-electron chi connectivity index (χ0n) is 11.0. The average Bonchev–Trinajstić information content (AvgIpc) is 2.99. The minimum absolute atomic E-state index is 0.124. The summed E-state index contributed by atoms with van der Waals surface area (Å²) >= 11 is 0. The van der Waals surface area contributed by atoms with E-state index in [1.165, 1.54) is 12.8 Å². The van der Waals surface area contributed by atoms with Crippen LogP contribution in [0.4, 0.5) is 0 Å². The van der Waals surface area contributed by atoms with E-state index in [0.717, 1.165) is 32.5 Å². The zero-order valence-corrected chi connectivity index (χ0v) is 11.0. The number of rotatable bonds is 8. The molecule has 3 N–H and O–H groups in total. The van der Waals surface area contributed by atoms with Crippen LogP contribution in [-0.4, -0.2) is 60.8 Å². The van der Waals surface area contributed by atoms with Gasteiger partial charge in [0.15, 0.2) is 0 Å². The summed E-state index contributed by atoms with van der Waals surface area (Å²) < 4.78 is 0. The van der Waals surface area contributed by atoms with Gasteiger partial charge in [0.2, 0.25) is 5.91 Å². The van der Waals surface area contributed by atoms with Gasteiger partial charge in [-0.05, 0) is 38.8 Å². The minimum Gasteiger partial charge on any atom is -0.390 e. The van der Waals surface area contributed by atoms with Gasteiger partial charge in [-0.15, -0.1) is 0 Å². The van der Waals surface area contributed by atoms with E-state index in [-0.39, 0.29) is 12.0 Å². The largest absolute Gasteiger partial charge is 0.390 e. The van der Waals surface area contributed by atoms with Gasteiger partial charge >= 0.3 is 0 Å². The van der Waals surface area contributed by atoms with Gasteiger partial charge in [-0.3, -0.25) is 4.79 Å². The summed E-state index contributed by atoms with van der Waals surface area (Å²) in [5.41, 5.74) is 0. The molecule has 1 unspecified atom stereocenters. The summed E-state index contributed by atoms with van der Waals surface area (Å²) in [7, 11) is 0. The predicted octanol–water partition coefficient (Wildman–Crippen LogP) is -0.299. The number of hydrogen-bond acceptors (Lipinski definition) is 4. The molecule has 1 atom stereocenters. The molecule has 1 heterocycles. The Kier molecular flexibility index (Phi) is 5.41. The van der Waals surface area contributed by atoms with Gasteiger partial charge < -0.3 is 20.6 Å². The number of β-amino-alcohol motifs (C(OH)–C–C–N with tert-alkyl or cyclic N) is 1. The molecule has 1 aliphatic carbocycles. The van der Waals surface area contributed by atoms with Crippen LogP contribution in [0, 0.1) is 0 Å². The van der Waals surface area contributed by atoms with Crippen LogP contribution < -0.4 is 10.6 Å². The normalized spacial score (nSPS) is 22.1. The van der Waals surface area contributed by atoms with Gasteiger partial charge in [0.1, 0.15) is 0 Å². The van der Waals surface area contributed by atoms with Gasteiger partial charge in [0.05, 0.1) is 6.10 Å². The van der Waals surface area contributed by atoms with Crippen molar-refractivity contribution in [3.05, 3.63) is 0 Å². The highest BCUT2D eigenvalue weighted by molar-refractivity contribution is 5.76. The van der Waals surface area contributed by atoms with Gasteiger partial charge in [0, 0.05) is 32.1 Å². The van der Waals surface area contributed by atoms with E-state index in [0.29, 0.717) is 25.6 Å². The Morgan fingerprint density at radius 1 is 1.33 bits per heavy atom. The fourth-order valence-electron chi connectivity index (χ4n) is 2.33. The second kappa shape index (κ2) is 7.07. The first kappa shape index (κ1) is 13.8. The number of carbonyl (C=O) groups is 1. The fraction of sp³-hybridized carbons (Fsp3) is 0.923. The molecule has 2 rings (SSSR count). The number of amides is 1. The summed E-state index contributed by atoms with van der Waals surface area (Å²) in [6, 6.07) is 0.443. The lowest BCUT2D eigenvalue weighted by Crippen LogP contribution is -2.38. The number of carbonyl (C=O) groups excluding carboxylic acids is 1. The topological polar surface area (TPSA) is 64.6 Å². The number of aliphatic hydroxyl groups is 1. The molecule has 1 saturated carbocycles. The highest BCUT2D eigenvalue weighted by atomic mass is 16.3. The predicted molar refractivity (Wildman–Crippen MR) is 70.3 cm³/mol. The van der Waals surface area contributed by atoms with Crippen molar-refractivity contribution in [1.29, 1.82) is 0 Å². The molecule has 18 heavy (non-hydrogen) atoms. The molecule has 104 valence electrons. The first-order chi connectivity index (χ1) is 8.74. The Balaban J connectivity index is 1.45. The summed E-state index contributed by atoms with van der Waals surface area (Å²) in [6.07, 6.45) is 4.95. The van der Waals surface area contributed by atoms with Crippen LogP contribution in [0.3, 0.4) is 0 Å². The highest BCUT2D eigenvalue weighted by Crippen LogP contribution is 2.18.